The summed E-state index contributed by atoms with van der Waals surface area (Å²) >= 11 is 0. The second-order valence-corrected chi connectivity index (χ2v) is 11.1. The number of likely N-dealkylation sites (N-methyl/N-ethyl adjacent to an activating group) is 1. The van der Waals surface area contributed by atoms with E-state index in [0.29, 0.717) is 26.1 Å². The van der Waals surface area contributed by atoms with Crippen LogP contribution in [-0.4, -0.2) is 72.3 Å². The third kappa shape index (κ3) is 8.43. The second-order valence-electron chi connectivity index (χ2n) is 11.1. The van der Waals surface area contributed by atoms with Gasteiger partial charge in [-0.25, -0.2) is 0 Å². The van der Waals surface area contributed by atoms with E-state index in [0.717, 1.165) is 19.3 Å². The van der Waals surface area contributed by atoms with Crippen molar-refractivity contribution in [1.82, 2.24) is 20.4 Å². The van der Waals surface area contributed by atoms with Crippen LogP contribution in [0.2, 0.25) is 0 Å². The van der Waals surface area contributed by atoms with Crippen LogP contribution in [-0.2, 0) is 14.4 Å². The van der Waals surface area contributed by atoms with Gasteiger partial charge in [0.25, 0.3) is 0 Å². The van der Waals surface area contributed by atoms with Gasteiger partial charge in [0.2, 0.25) is 17.7 Å². The fourth-order valence-corrected chi connectivity index (χ4v) is 3.79. The zero-order valence-electron chi connectivity index (χ0n) is 21.3. The number of carbonyl (C=O) groups is 3. The van der Waals surface area contributed by atoms with Crippen LogP contribution in [0.3, 0.4) is 0 Å². The third-order valence-corrected chi connectivity index (χ3v) is 6.10. The van der Waals surface area contributed by atoms with E-state index in [2.05, 4.69) is 31.4 Å². The topological polar surface area (TPSA) is 81.8 Å². The molecule has 2 N–H and O–H groups in total. The maximum absolute atomic E-state index is 13.6. The lowest BCUT2D eigenvalue weighted by Gasteiger charge is -2.38. The minimum atomic E-state index is -0.610. The number of hydrogen-bond acceptors (Lipinski definition) is 4. The first-order chi connectivity index (χ1) is 14.2. The predicted molar refractivity (Wildman–Crippen MR) is 126 cm³/mol. The largest absolute Gasteiger partial charge is 0.342 e. The molecule has 3 atom stereocenters. The molecule has 3 amide bonds. The summed E-state index contributed by atoms with van der Waals surface area (Å²) in [5.74, 6) is -0.0991. The zero-order chi connectivity index (χ0) is 24.0. The Morgan fingerprint density at radius 2 is 1.74 bits per heavy atom. The lowest BCUT2D eigenvalue weighted by Crippen LogP contribution is -2.59. The molecule has 0 bridgehead atoms. The summed E-state index contributed by atoms with van der Waals surface area (Å²) in [5, 5.41) is 5.89. The standard InChI is InChI=1S/C24H46N4O3/c1-10-19(29)27(15-13-23(3,4)5)16-18-12-11-14-28(18)22(31)20(24(6,7)8)26-21(30)17(2)25-9/h17-18,20,25H,10-16H2,1-9H3,(H,26,30)/t17-,18-,20+/m0/s1. The van der Waals surface area contributed by atoms with Crippen LogP contribution in [0.15, 0.2) is 0 Å². The van der Waals surface area contributed by atoms with E-state index in [1.165, 1.54) is 0 Å². The Kier molecular flexibility index (Phi) is 9.99. The first-order valence-corrected chi connectivity index (χ1v) is 11.8. The van der Waals surface area contributed by atoms with Crippen molar-refractivity contribution < 1.29 is 14.4 Å². The molecule has 0 saturated carbocycles. The van der Waals surface area contributed by atoms with Gasteiger partial charge in [0.05, 0.1) is 6.04 Å². The van der Waals surface area contributed by atoms with E-state index in [1.807, 2.05) is 37.5 Å². The van der Waals surface area contributed by atoms with Crippen molar-refractivity contribution in [3.8, 4) is 0 Å². The molecular weight excluding hydrogens is 392 g/mol. The van der Waals surface area contributed by atoms with Gasteiger partial charge in [-0.05, 0) is 44.1 Å². The molecule has 180 valence electrons. The van der Waals surface area contributed by atoms with Gasteiger partial charge in [-0.3, -0.25) is 14.4 Å². The van der Waals surface area contributed by atoms with Gasteiger partial charge >= 0.3 is 0 Å². The Morgan fingerprint density at radius 3 is 2.23 bits per heavy atom. The van der Waals surface area contributed by atoms with Crippen LogP contribution < -0.4 is 10.6 Å². The molecule has 1 heterocycles. The van der Waals surface area contributed by atoms with E-state index >= 15 is 0 Å². The van der Waals surface area contributed by atoms with Gasteiger partial charge in [-0.1, -0.05) is 48.5 Å². The van der Waals surface area contributed by atoms with Crippen molar-refractivity contribution >= 4 is 17.7 Å². The number of likely N-dealkylation sites (tertiary alicyclic amines) is 1. The number of nitrogens with zero attached hydrogens (tertiary/aromatic N) is 2. The highest BCUT2D eigenvalue weighted by molar-refractivity contribution is 5.90. The number of amides is 3. The highest BCUT2D eigenvalue weighted by Crippen LogP contribution is 2.27. The van der Waals surface area contributed by atoms with E-state index in [4.69, 9.17) is 0 Å². The molecule has 1 rings (SSSR count). The quantitative estimate of drug-likeness (QED) is 0.580. The maximum atomic E-state index is 13.6. The lowest BCUT2D eigenvalue weighted by molar-refractivity contribution is -0.142. The molecule has 7 nitrogen and oxygen atoms in total. The Bertz CT molecular complexity index is 621. The Labute approximate surface area is 189 Å². The molecule has 0 unspecified atom stereocenters. The van der Waals surface area contributed by atoms with Gasteiger partial charge < -0.3 is 20.4 Å². The van der Waals surface area contributed by atoms with Crippen molar-refractivity contribution in [3.05, 3.63) is 0 Å². The van der Waals surface area contributed by atoms with E-state index in [-0.39, 0.29) is 35.2 Å². The molecule has 0 aromatic carbocycles. The molecule has 0 aromatic heterocycles. The minimum absolute atomic E-state index is 0.00792. The average Bonchev–Trinajstić information content (AvgIpc) is 3.13. The van der Waals surface area contributed by atoms with Crippen molar-refractivity contribution in [3.63, 3.8) is 0 Å². The van der Waals surface area contributed by atoms with Gasteiger partial charge in [-0.2, -0.15) is 0 Å². The number of carbonyl (C=O) groups excluding carboxylic acids is 3. The molecule has 1 fully saturated rings. The van der Waals surface area contributed by atoms with Crippen molar-refractivity contribution in [2.75, 3.05) is 26.7 Å². The highest BCUT2D eigenvalue weighted by Gasteiger charge is 2.40. The lowest BCUT2D eigenvalue weighted by atomic mass is 9.85. The number of hydrogen-bond donors (Lipinski definition) is 2. The highest BCUT2D eigenvalue weighted by atomic mass is 16.2. The Balaban J connectivity index is 3.00. The fourth-order valence-electron chi connectivity index (χ4n) is 3.79. The van der Waals surface area contributed by atoms with Crippen molar-refractivity contribution in [1.29, 1.82) is 0 Å². The predicted octanol–water partition coefficient (Wildman–Crippen LogP) is 2.79. The van der Waals surface area contributed by atoms with E-state index in [1.54, 1.807) is 14.0 Å². The molecule has 7 heteroatoms. The summed E-state index contributed by atoms with van der Waals surface area (Å²) in [6, 6.07) is -0.991. The third-order valence-electron chi connectivity index (χ3n) is 6.10. The normalized spacial score (nSPS) is 19.1. The minimum Gasteiger partial charge on any atom is -0.342 e. The molecule has 31 heavy (non-hydrogen) atoms. The van der Waals surface area contributed by atoms with Crippen LogP contribution >= 0.6 is 0 Å². The Hall–Kier alpha value is -1.63. The summed E-state index contributed by atoms with van der Waals surface area (Å²) in [5.41, 5.74) is -0.276. The molecular formula is C24H46N4O3. The molecule has 0 spiro atoms. The number of rotatable bonds is 9. The molecule has 1 aliphatic heterocycles. The van der Waals surface area contributed by atoms with Gasteiger partial charge in [0.1, 0.15) is 6.04 Å². The van der Waals surface area contributed by atoms with Gasteiger partial charge in [-0.15, -0.1) is 0 Å². The summed E-state index contributed by atoms with van der Waals surface area (Å²) in [6.07, 6.45) is 3.18. The maximum Gasteiger partial charge on any atom is 0.246 e. The monoisotopic (exact) mass is 438 g/mol. The smallest absolute Gasteiger partial charge is 0.246 e. The van der Waals surface area contributed by atoms with E-state index < -0.39 is 11.5 Å². The summed E-state index contributed by atoms with van der Waals surface area (Å²) in [7, 11) is 1.73. The van der Waals surface area contributed by atoms with Crippen LogP contribution in [0.1, 0.15) is 81.1 Å². The molecule has 1 aliphatic rings. The molecule has 0 aromatic rings. The van der Waals surface area contributed by atoms with Crippen molar-refractivity contribution in [2.45, 2.75) is 99.2 Å². The first-order valence-electron chi connectivity index (χ1n) is 11.8. The summed E-state index contributed by atoms with van der Waals surface area (Å²) in [6.45, 7) is 18.0. The van der Waals surface area contributed by atoms with Crippen LogP contribution in [0, 0.1) is 10.8 Å². The Morgan fingerprint density at radius 1 is 1.13 bits per heavy atom. The average molecular weight is 439 g/mol. The zero-order valence-corrected chi connectivity index (χ0v) is 21.3. The molecule has 1 saturated heterocycles. The van der Waals surface area contributed by atoms with Gasteiger partial charge in [0.15, 0.2) is 0 Å². The molecule has 0 radical (unpaired) electrons. The summed E-state index contributed by atoms with van der Waals surface area (Å²) < 4.78 is 0. The number of nitrogens with one attached hydrogen (secondary N) is 2. The second kappa shape index (κ2) is 11.3. The van der Waals surface area contributed by atoms with Crippen LogP contribution in [0.5, 0.6) is 0 Å². The molecule has 0 aliphatic carbocycles. The first kappa shape index (κ1) is 27.4. The SMILES string of the molecule is CCC(=O)N(CCC(C)(C)C)C[C@@H]1CCCN1C(=O)[C@@H](NC(=O)[C@H](C)NC)C(C)(C)C. The van der Waals surface area contributed by atoms with Crippen LogP contribution in [0.4, 0.5) is 0 Å². The van der Waals surface area contributed by atoms with E-state index in [9.17, 15) is 14.4 Å². The summed E-state index contributed by atoms with van der Waals surface area (Å²) in [4.78, 5) is 42.5. The fraction of sp³-hybridized carbons (Fsp3) is 0.875. The van der Waals surface area contributed by atoms with Crippen LogP contribution in [0.25, 0.3) is 0 Å². The van der Waals surface area contributed by atoms with Crippen molar-refractivity contribution in [2.24, 2.45) is 10.8 Å². The van der Waals surface area contributed by atoms with Gasteiger partial charge in [0, 0.05) is 32.1 Å².